The molecule has 0 heterocycles. The van der Waals surface area contributed by atoms with Gasteiger partial charge in [-0.15, -0.1) is 0 Å². The molecule has 0 aromatic heterocycles. The van der Waals surface area contributed by atoms with Crippen molar-refractivity contribution in [1.29, 1.82) is 0 Å². The molecule has 0 fully saturated rings. The second kappa shape index (κ2) is 5.97. The standard InChI is InChI=1S/C5H12O4/c1-2-5(9-7)8-4-3-6/h5-7H,2-4H2,1H3. The fraction of sp³-hybridized carbons (Fsp3) is 1.00. The highest BCUT2D eigenvalue weighted by Crippen LogP contribution is 1.96. The zero-order valence-electron chi connectivity index (χ0n) is 5.41. The maximum atomic E-state index is 8.24. The Kier molecular flexibility index (Phi) is 5.86. The van der Waals surface area contributed by atoms with Crippen molar-refractivity contribution >= 4 is 0 Å². The second-order valence-corrected chi connectivity index (χ2v) is 1.54. The van der Waals surface area contributed by atoms with E-state index in [-0.39, 0.29) is 13.2 Å². The highest BCUT2D eigenvalue weighted by Gasteiger charge is 2.03. The van der Waals surface area contributed by atoms with E-state index in [0.29, 0.717) is 6.42 Å². The average Bonchev–Trinajstić information content (AvgIpc) is 1.91. The largest absolute Gasteiger partial charge is 0.394 e. The molecule has 0 aliphatic heterocycles. The van der Waals surface area contributed by atoms with Gasteiger partial charge in [-0.1, -0.05) is 6.92 Å². The molecule has 0 spiro atoms. The number of rotatable bonds is 5. The molecule has 1 unspecified atom stereocenters. The Balaban J connectivity index is 3.09. The van der Waals surface area contributed by atoms with Crippen molar-refractivity contribution in [1.82, 2.24) is 0 Å². The Morgan fingerprint density at radius 2 is 2.22 bits per heavy atom. The predicted molar refractivity (Wildman–Crippen MR) is 30.8 cm³/mol. The van der Waals surface area contributed by atoms with E-state index in [9.17, 15) is 0 Å². The Bertz CT molecular complexity index is 52.9. The van der Waals surface area contributed by atoms with Gasteiger partial charge in [0.25, 0.3) is 0 Å². The fourth-order valence-electron chi connectivity index (χ4n) is 0.407. The van der Waals surface area contributed by atoms with Gasteiger partial charge in [0.2, 0.25) is 0 Å². The first kappa shape index (κ1) is 8.84. The van der Waals surface area contributed by atoms with Crippen LogP contribution in [0.25, 0.3) is 0 Å². The molecular weight excluding hydrogens is 124 g/mol. The number of aliphatic hydroxyl groups is 1. The van der Waals surface area contributed by atoms with Crippen molar-refractivity contribution in [3.8, 4) is 0 Å². The minimum Gasteiger partial charge on any atom is -0.394 e. The van der Waals surface area contributed by atoms with Crippen molar-refractivity contribution in [2.24, 2.45) is 0 Å². The highest BCUT2D eigenvalue weighted by molar-refractivity contribution is 4.34. The number of ether oxygens (including phenoxy) is 1. The summed E-state index contributed by atoms with van der Waals surface area (Å²) in [6.45, 7) is 1.94. The van der Waals surface area contributed by atoms with E-state index in [4.69, 9.17) is 15.1 Å². The summed E-state index contributed by atoms with van der Waals surface area (Å²) < 4.78 is 4.77. The number of hydrogen-bond donors (Lipinski definition) is 2. The monoisotopic (exact) mass is 136 g/mol. The third kappa shape index (κ3) is 4.35. The van der Waals surface area contributed by atoms with E-state index < -0.39 is 6.29 Å². The maximum Gasteiger partial charge on any atom is 0.190 e. The van der Waals surface area contributed by atoms with Crippen LogP contribution in [0.15, 0.2) is 0 Å². The topological polar surface area (TPSA) is 58.9 Å². The van der Waals surface area contributed by atoms with Gasteiger partial charge in [0.1, 0.15) is 0 Å². The van der Waals surface area contributed by atoms with Crippen molar-refractivity contribution in [2.75, 3.05) is 13.2 Å². The molecule has 0 aliphatic rings. The third-order valence-corrected chi connectivity index (χ3v) is 0.846. The molecule has 0 bridgehead atoms. The minimum atomic E-state index is -0.600. The summed E-state index contributed by atoms with van der Waals surface area (Å²) in [7, 11) is 0. The molecule has 0 saturated carbocycles. The van der Waals surface area contributed by atoms with Gasteiger partial charge in [0.15, 0.2) is 6.29 Å². The molecule has 4 heteroatoms. The minimum absolute atomic E-state index is 0.0557. The Morgan fingerprint density at radius 3 is 2.56 bits per heavy atom. The molecular formula is C5H12O4. The average molecular weight is 136 g/mol. The van der Waals surface area contributed by atoms with Crippen LogP contribution in [0.5, 0.6) is 0 Å². The van der Waals surface area contributed by atoms with E-state index in [0.717, 1.165) is 0 Å². The summed E-state index contributed by atoms with van der Waals surface area (Å²) in [5.74, 6) is 0. The lowest BCUT2D eigenvalue weighted by Crippen LogP contribution is -2.16. The quantitative estimate of drug-likeness (QED) is 0.322. The Morgan fingerprint density at radius 1 is 1.56 bits per heavy atom. The molecule has 0 rings (SSSR count). The van der Waals surface area contributed by atoms with Gasteiger partial charge in [0.05, 0.1) is 13.2 Å². The van der Waals surface area contributed by atoms with Crippen molar-refractivity contribution in [3.63, 3.8) is 0 Å². The van der Waals surface area contributed by atoms with Crippen LogP contribution in [-0.2, 0) is 9.62 Å². The molecule has 0 radical (unpaired) electrons. The van der Waals surface area contributed by atoms with Crippen molar-refractivity contribution in [2.45, 2.75) is 19.6 Å². The van der Waals surface area contributed by atoms with Gasteiger partial charge in [-0.3, -0.25) is 0 Å². The first-order chi connectivity index (χ1) is 4.35. The summed E-state index contributed by atoms with van der Waals surface area (Å²) in [6, 6.07) is 0. The summed E-state index contributed by atoms with van der Waals surface area (Å²) in [6.07, 6.45) is -0.0339. The first-order valence-electron chi connectivity index (χ1n) is 2.87. The Labute approximate surface area is 53.9 Å². The summed E-state index contributed by atoms with van der Waals surface area (Å²) in [5, 5.41) is 16.3. The van der Waals surface area contributed by atoms with Gasteiger partial charge in [-0.25, -0.2) is 10.1 Å². The lowest BCUT2D eigenvalue weighted by atomic mass is 10.5. The summed E-state index contributed by atoms with van der Waals surface area (Å²) >= 11 is 0. The zero-order chi connectivity index (χ0) is 7.11. The number of hydrogen-bond acceptors (Lipinski definition) is 4. The summed E-state index contributed by atoms with van der Waals surface area (Å²) in [4.78, 5) is 3.87. The molecule has 0 aromatic rings. The van der Waals surface area contributed by atoms with Gasteiger partial charge < -0.3 is 9.84 Å². The van der Waals surface area contributed by atoms with E-state index >= 15 is 0 Å². The zero-order valence-corrected chi connectivity index (χ0v) is 5.41. The lowest BCUT2D eigenvalue weighted by Gasteiger charge is -2.09. The molecule has 0 aromatic carbocycles. The molecule has 2 N–H and O–H groups in total. The molecule has 1 atom stereocenters. The van der Waals surface area contributed by atoms with Crippen molar-refractivity contribution < 1.29 is 20.0 Å². The van der Waals surface area contributed by atoms with Crippen LogP contribution in [0.3, 0.4) is 0 Å². The van der Waals surface area contributed by atoms with E-state index in [1.165, 1.54) is 0 Å². The Hall–Kier alpha value is -0.160. The van der Waals surface area contributed by atoms with Crippen molar-refractivity contribution in [3.05, 3.63) is 0 Å². The van der Waals surface area contributed by atoms with Crippen LogP contribution < -0.4 is 0 Å². The second-order valence-electron chi connectivity index (χ2n) is 1.54. The van der Waals surface area contributed by atoms with E-state index in [1.807, 2.05) is 0 Å². The maximum absolute atomic E-state index is 8.24. The first-order valence-corrected chi connectivity index (χ1v) is 2.87. The normalized spacial score (nSPS) is 13.7. The molecule has 9 heavy (non-hydrogen) atoms. The van der Waals surface area contributed by atoms with Crippen LogP contribution >= 0.6 is 0 Å². The van der Waals surface area contributed by atoms with E-state index in [1.54, 1.807) is 6.92 Å². The van der Waals surface area contributed by atoms with Crippen LogP contribution in [0, 0.1) is 0 Å². The van der Waals surface area contributed by atoms with Gasteiger partial charge >= 0.3 is 0 Å². The van der Waals surface area contributed by atoms with E-state index in [2.05, 4.69) is 4.89 Å². The van der Waals surface area contributed by atoms with Gasteiger partial charge in [0, 0.05) is 0 Å². The molecule has 56 valence electrons. The SMILES string of the molecule is CCC(OO)OCCO. The van der Waals surface area contributed by atoms with Crippen LogP contribution in [0.1, 0.15) is 13.3 Å². The molecule has 0 saturated heterocycles. The molecule has 0 amide bonds. The third-order valence-electron chi connectivity index (χ3n) is 0.846. The predicted octanol–water partition coefficient (Wildman–Crippen LogP) is 0.221. The van der Waals surface area contributed by atoms with Gasteiger partial charge in [-0.05, 0) is 6.42 Å². The lowest BCUT2D eigenvalue weighted by molar-refractivity contribution is -0.346. The molecule has 0 aliphatic carbocycles. The smallest absolute Gasteiger partial charge is 0.190 e. The van der Waals surface area contributed by atoms with Crippen LogP contribution in [-0.4, -0.2) is 29.9 Å². The summed E-state index contributed by atoms with van der Waals surface area (Å²) in [5.41, 5.74) is 0. The highest BCUT2D eigenvalue weighted by atomic mass is 17.1. The fourth-order valence-corrected chi connectivity index (χ4v) is 0.407. The molecule has 4 nitrogen and oxygen atoms in total. The number of aliphatic hydroxyl groups excluding tert-OH is 1. The van der Waals surface area contributed by atoms with Crippen LogP contribution in [0.4, 0.5) is 0 Å². The van der Waals surface area contributed by atoms with Gasteiger partial charge in [-0.2, -0.15) is 0 Å². The van der Waals surface area contributed by atoms with Crippen LogP contribution in [0.2, 0.25) is 0 Å².